The number of nitrogens with zero attached hydrogens (tertiary/aromatic N) is 1. The van der Waals surface area contributed by atoms with Gasteiger partial charge in [0.1, 0.15) is 0 Å². The average Bonchev–Trinajstić information content (AvgIpc) is 3.01. The second-order valence-electron chi connectivity index (χ2n) is 4.59. The van der Waals surface area contributed by atoms with E-state index in [1.54, 1.807) is 11.3 Å². The van der Waals surface area contributed by atoms with Gasteiger partial charge in [0, 0.05) is 46.6 Å². The summed E-state index contributed by atoms with van der Waals surface area (Å²) in [4.78, 5) is 1.26. The number of halogens is 2. The topological polar surface area (TPSA) is 17.0 Å². The number of fused-ring (bicyclic) bond motifs is 1. The second kappa shape index (κ2) is 6.19. The van der Waals surface area contributed by atoms with Gasteiger partial charge in [-0.3, -0.25) is 0 Å². The number of benzene rings is 1. The summed E-state index contributed by atoms with van der Waals surface area (Å²) >= 11 is 13.5. The van der Waals surface area contributed by atoms with Crippen LogP contribution in [0.25, 0.3) is 10.9 Å². The lowest BCUT2D eigenvalue weighted by Gasteiger charge is -2.06. The molecule has 104 valence electrons. The molecule has 0 aliphatic rings. The van der Waals surface area contributed by atoms with Crippen LogP contribution in [0.2, 0.25) is 9.36 Å². The van der Waals surface area contributed by atoms with Crippen LogP contribution in [0.5, 0.6) is 0 Å². The number of hydrogen-bond acceptors (Lipinski definition) is 2. The van der Waals surface area contributed by atoms with Crippen molar-refractivity contribution in [2.24, 2.45) is 0 Å². The van der Waals surface area contributed by atoms with E-state index in [1.165, 1.54) is 15.8 Å². The summed E-state index contributed by atoms with van der Waals surface area (Å²) in [5, 5.41) is 5.40. The number of thiophene rings is 1. The first kappa shape index (κ1) is 14.0. The quantitative estimate of drug-likeness (QED) is 0.667. The molecule has 2 heterocycles. The standard InChI is InChI=1S/C15H14Cl2N2S/c16-12-1-3-14-11(9-12)5-7-19(14)8-6-18-10-13-2-4-15(17)20-13/h1-5,7,9,18H,6,8,10H2. The lowest BCUT2D eigenvalue weighted by Crippen LogP contribution is -2.18. The highest BCUT2D eigenvalue weighted by molar-refractivity contribution is 7.16. The molecule has 0 spiro atoms. The molecule has 0 atom stereocenters. The molecule has 1 aromatic carbocycles. The van der Waals surface area contributed by atoms with E-state index in [-0.39, 0.29) is 0 Å². The van der Waals surface area contributed by atoms with Crippen molar-refractivity contribution in [1.82, 2.24) is 9.88 Å². The summed E-state index contributed by atoms with van der Waals surface area (Å²) in [5.74, 6) is 0. The molecule has 0 aliphatic heterocycles. The fraction of sp³-hybridized carbons (Fsp3) is 0.200. The minimum atomic E-state index is 0.781. The third-order valence-corrected chi connectivity index (χ3v) is 4.66. The average molecular weight is 325 g/mol. The van der Waals surface area contributed by atoms with E-state index >= 15 is 0 Å². The van der Waals surface area contributed by atoms with E-state index in [0.717, 1.165) is 29.0 Å². The molecule has 0 amide bonds. The zero-order valence-corrected chi connectivity index (χ0v) is 13.1. The van der Waals surface area contributed by atoms with Crippen molar-refractivity contribution in [2.75, 3.05) is 6.54 Å². The third kappa shape index (κ3) is 3.18. The van der Waals surface area contributed by atoms with Crippen LogP contribution < -0.4 is 5.32 Å². The van der Waals surface area contributed by atoms with Crippen molar-refractivity contribution in [3.8, 4) is 0 Å². The molecular formula is C15H14Cl2N2S. The molecule has 0 aliphatic carbocycles. The number of aromatic nitrogens is 1. The predicted molar refractivity (Wildman–Crippen MR) is 88.0 cm³/mol. The molecule has 2 aromatic heterocycles. The predicted octanol–water partition coefficient (Wildman–Crippen LogP) is 4.80. The molecule has 0 bridgehead atoms. The number of rotatable bonds is 5. The summed E-state index contributed by atoms with van der Waals surface area (Å²) in [5.41, 5.74) is 1.22. The van der Waals surface area contributed by atoms with Crippen molar-refractivity contribution in [3.05, 3.63) is 56.8 Å². The molecule has 5 heteroatoms. The zero-order chi connectivity index (χ0) is 13.9. The Balaban J connectivity index is 1.57. The second-order valence-corrected chi connectivity index (χ2v) is 6.83. The Morgan fingerprint density at radius 2 is 2.00 bits per heavy atom. The van der Waals surface area contributed by atoms with Crippen LogP contribution in [0.3, 0.4) is 0 Å². The Labute approximate surface area is 131 Å². The van der Waals surface area contributed by atoms with E-state index < -0.39 is 0 Å². The molecule has 0 saturated carbocycles. The van der Waals surface area contributed by atoms with Crippen LogP contribution in [-0.2, 0) is 13.1 Å². The Bertz CT molecular complexity index is 718. The molecule has 20 heavy (non-hydrogen) atoms. The van der Waals surface area contributed by atoms with E-state index in [0.29, 0.717) is 0 Å². The first-order chi connectivity index (χ1) is 9.72. The normalized spacial score (nSPS) is 11.3. The Kier molecular flexibility index (Phi) is 4.32. The van der Waals surface area contributed by atoms with Gasteiger partial charge in [-0.05, 0) is 36.4 Å². The van der Waals surface area contributed by atoms with Crippen molar-refractivity contribution in [2.45, 2.75) is 13.1 Å². The molecule has 0 unspecified atom stereocenters. The van der Waals surface area contributed by atoms with Crippen LogP contribution in [0.4, 0.5) is 0 Å². The van der Waals surface area contributed by atoms with E-state index in [4.69, 9.17) is 23.2 Å². The molecule has 0 radical (unpaired) electrons. The van der Waals surface area contributed by atoms with Crippen LogP contribution in [-0.4, -0.2) is 11.1 Å². The highest BCUT2D eigenvalue weighted by Crippen LogP contribution is 2.21. The van der Waals surface area contributed by atoms with Crippen molar-refractivity contribution >= 4 is 45.4 Å². The summed E-state index contributed by atoms with van der Waals surface area (Å²) in [6, 6.07) is 12.1. The minimum absolute atomic E-state index is 0.781. The van der Waals surface area contributed by atoms with Gasteiger partial charge in [-0.1, -0.05) is 23.2 Å². The van der Waals surface area contributed by atoms with Crippen molar-refractivity contribution < 1.29 is 0 Å². The Morgan fingerprint density at radius 1 is 1.10 bits per heavy atom. The van der Waals surface area contributed by atoms with Crippen LogP contribution in [0.15, 0.2) is 42.6 Å². The van der Waals surface area contributed by atoms with Gasteiger partial charge in [0.2, 0.25) is 0 Å². The van der Waals surface area contributed by atoms with Crippen LogP contribution >= 0.6 is 34.5 Å². The van der Waals surface area contributed by atoms with Gasteiger partial charge in [-0.15, -0.1) is 11.3 Å². The fourth-order valence-electron chi connectivity index (χ4n) is 2.22. The van der Waals surface area contributed by atoms with E-state index in [9.17, 15) is 0 Å². The molecule has 3 aromatic rings. The molecule has 2 nitrogen and oxygen atoms in total. The maximum Gasteiger partial charge on any atom is 0.0931 e. The summed E-state index contributed by atoms with van der Waals surface area (Å²) in [7, 11) is 0. The lowest BCUT2D eigenvalue weighted by molar-refractivity contribution is 0.613. The fourth-order valence-corrected chi connectivity index (χ4v) is 3.46. The third-order valence-electron chi connectivity index (χ3n) is 3.19. The van der Waals surface area contributed by atoms with Crippen LogP contribution in [0.1, 0.15) is 4.88 Å². The summed E-state index contributed by atoms with van der Waals surface area (Å²) in [6.07, 6.45) is 2.10. The highest BCUT2D eigenvalue weighted by atomic mass is 35.5. The summed E-state index contributed by atoms with van der Waals surface area (Å²) in [6.45, 7) is 2.72. The maximum absolute atomic E-state index is 5.99. The van der Waals surface area contributed by atoms with Gasteiger partial charge in [0.15, 0.2) is 0 Å². The Hall–Kier alpha value is -1.000. The Morgan fingerprint density at radius 3 is 2.80 bits per heavy atom. The van der Waals surface area contributed by atoms with E-state index in [1.807, 2.05) is 18.2 Å². The molecule has 1 N–H and O–H groups in total. The molecule has 0 fully saturated rings. The van der Waals surface area contributed by atoms with Crippen molar-refractivity contribution in [3.63, 3.8) is 0 Å². The molecular weight excluding hydrogens is 311 g/mol. The molecule has 0 saturated heterocycles. The maximum atomic E-state index is 5.99. The number of nitrogens with one attached hydrogen (secondary N) is 1. The summed E-state index contributed by atoms with van der Waals surface area (Å²) < 4.78 is 3.08. The van der Waals surface area contributed by atoms with Crippen molar-refractivity contribution in [1.29, 1.82) is 0 Å². The van der Waals surface area contributed by atoms with Gasteiger partial charge in [-0.25, -0.2) is 0 Å². The lowest BCUT2D eigenvalue weighted by atomic mass is 10.2. The van der Waals surface area contributed by atoms with Gasteiger partial charge < -0.3 is 9.88 Å². The SMILES string of the molecule is Clc1ccc2c(ccn2CCNCc2ccc(Cl)s2)c1. The van der Waals surface area contributed by atoms with Gasteiger partial charge in [-0.2, -0.15) is 0 Å². The monoisotopic (exact) mass is 324 g/mol. The number of hydrogen-bond donors (Lipinski definition) is 1. The zero-order valence-electron chi connectivity index (χ0n) is 10.8. The minimum Gasteiger partial charge on any atom is -0.346 e. The smallest absolute Gasteiger partial charge is 0.0931 e. The first-order valence-corrected chi connectivity index (χ1v) is 7.99. The largest absolute Gasteiger partial charge is 0.346 e. The first-order valence-electron chi connectivity index (χ1n) is 6.42. The molecule has 3 rings (SSSR count). The van der Waals surface area contributed by atoms with Gasteiger partial charge in [0.05, 0.1) is 4.34 Å². The van der Waals surface area contributed by atoms with E-state index in [2.05, 4.69) is 34.3 Å². The van der Waals surface area contributed by atoms with Gasteiger partial charge in [0.25, 0.3) is 0 Å². The van der Waals surface area contributed by atoms with Gasteiger partial charge >= 0.3 is 0 Å². The van der Waals surface area contributed by atoms with Crippen LogP contribution in [0, 0.1) is 0 Å². The highest BCUT2D eigenvalue weighted by Gasteiger charge is 2.02.